The maximum absolute atomic E-state index is 2.49. The summed E-state index contributed by atoms with van der Waals surface area (Å²) >= 11 is 0. The van der Waals surface area contributed by atoms with Crippen molar-refractivity contribution < 1.29 is 0 Å². The highest BCUT2D eigenvalue weighted by atomic mass is 15.1. The summed E-state index contributed by atoms with van der Waals surface area (Å²) in [6.07, 6.45) is 0. The van der Waals surface area contributed by atoms with E-state index < -0.39 is 0 Å². The van der Waals surface area contributed by atoms with Gasteiger partial charge in [-0.2, -0.15) is 0 Å². The highest BCUT2D eigenvalue weighted by Crippen LogP contribution is 2.54. The molecule has 0 aliphatic heterocycles. The average Bonchev–Trinajstić information content (AvgIpc) is 3.65. The zero-order valence-electron chi connectivity index (χ0n) is 28.7. The SMILES string of the molecule is CC1(C)c2ccccc2-c2c1n(-c1ccccc1)c1ccc(-c3ccc(N(c4cccc5ccccc45)c4cccc5ccccc45)cc3)cc21. The number of hydrogen-bond acceptors (Lipinski definition) is 1. The Bertz CT molecular complexity index is 2680. The van der Waals surface area contributed by atoms with Crippen molar-refractivity contribution in [1.29, 1.82) is 0 Å². The molecule has 2 heteroatoms. The van der Waals surface area contributed by atoms with Crippen molar-refractivity contribution in [3.63, 3.8) is 0 Å². The van der Waals surface area contributed by atoms with Crippen LogP contribution in [0.25, 0.3) is 60.4 Å². The van der Waals surface area contributed by atoms with Gasteiger partial charge in [0.2, 0.25) is 0 Å². The van der Waals surface area contributed by atoms with Crippen molar-refractivity contribution in [2.75, 3.05) is 4.90 Å². The smallest absolute Gasteiger partial charge is 0.0540 e. The highest BCUT2D eigenvalue weighted by Gasteiger charge is 2.40. The van der Waals surface area contributed by atoms with Gasteiger partial charge in [-0.15, -0.1) is 0 Å². The number of aromatic nitrogens is 1. The van der Waals surface area contributed by atoms with Gasteiger partial charge < -0.3 is 9.47 Å². The van der Waals surface area contributed by atoms with E-state index in [9.17, 15) is 0 Å². The second-order valence-electron chi connectivity index (χ2n) is 14.2. The Labute approximate surface area is 298 Å². The zero-order chi connectivity index (χ0) is 34.1. The minimum Gasteiger partial charge on any atom is -0.312 e. The van der Waals surface area contributed by atoms with E-state index in [1.54, 1.807) is 0 Å². The molecule has 242 valence electrons. The summed E-state index contributed by atoms with van der Waals surface area (Å²) in [5, 5.41) is 6.20. The molecule has 0 fully saturated rings. The van der Waals surface area contributed by atoms with Gasteiger partial charge in [0, 0.05) is 44.2 Å². The fraction of sp³-hybridized carbons (Fsp3) is 0.0612. The van der Waals surface area contributed by atoms with E-state index in [1.807, 2.05) is 0 Å². The lowest BCUT2D eigenvalue weighted by Crippen LogP contribution is -2.19. The van der Waals surface area contributed by atoms with Crippen LogP contribution in [0.5, 0.6) is 0 Å². The first-order valence-corrected chi connectivity index (χ1v) is 17.8. The second-order valence-corrected chi connectivity index (χ2v) is 14.2. The van der Waals surface area contributed by atoms with Crippen molar-refractivity contribution in [2.45, 2.75) is 19.3 Å². The minimum absolute atomic E-state index is 0.130. The number of para-hydroxylation sites is 1. The van der Waals surface area contributed by atoms with Crippen LogP contribution in [-0.4, -0.2) is 4.57 Å². The molecule has 0 spiro atoms. The highest BCUT2D eigenvalue weighted by molar-refractivity contribution is 6.06. The summed E-state index contributed by atoms with van der Waals surface area (Å²) in [6, 6.07) is 66.5. The van der Waals surface area contributed by atoms with Gasteiger partial charge in [0.1, 0.15) is 0 Å². The van der Waals surface area contributed by atoms with Crippen LogP contribution in [0, 0.1) is 0 Å². The van der Waals surface area contributed by atoms with Gasteiger partial charge in [0.15, 0.2) is 0 Å². The molecule has 0 amide bonds. The van der Waals surface area contributed by atoms with Crippen LogP contribution in [-0.2, 0) is 5.41 Å². The fourth-order valence-corrected chi connectivity index (χ4v) is 8.57. The number of nitrogens with zero attached hydrogens (tertiary/aromatic N) is 2. The van der Waals surface area contributed by atoms with E-state index in [1.165, 1.54) is 71.6 Å². The third kappa shape index (κ3) is 4.50. The predicted molar refractivity (Wildman–Crippen MR) is 216 cm³/mol. The molecule has 0 saturated heterocycles. The Morgan fingerprint density at radius 1 is 0.471 bits per heavy atom. The Balaban J connectivity index is 1.14. The molecule has 0 saturated carbocycles. The van der Waals surface area contributed by atoms with Crippen molar-refractivity contribution in [2.24, 2.45) is 0 Å². The third-order valence-electron chi connectivity index (χ3n) is 10.9. The van der Waals surface area contributed by atoms with Gasteiger partial charge in [-0.3, -0.25) is 0 Å². The van der Waals surface area contributed by atoms with Crippen LogP contribution in [0.3, 0.4) is 0 Å². The largest absolute Gasteiger partial charge is 0.312 e. The van der Waals surface area contributed by atoms with E-state index in [2.05, 4.69) is 205 Å². The number of hydrogen-bond donors (Lipinski definition) is 0. The Kier molecular flexibility index (Phi) is 6.56. The molecule has 1 heterocycles. The summed E-state index contributed by atoms with van der Waals surface area (Å²) in [4.78, 5) is 2.42. The Morgan fingerprint density at radius 3 is 1.73 bits per heavy atom. The number of rotatable bonds is 5. The normalized spacial score (nSPS) is 13.1. The van der Waals surface area contributed by atoms with Crippen LogP contribution in [0.15, 0.2) is 182 Å². The summed E-state index contributed by atoms with van der Waals surface area (Å²) in [6.45, 7) is 4.74. The van der Waals surface area contributed by atoms with Crippen LogP contribution >= 0.6 is 0 Å². The molecule has 1 aliphatic rings. The molecular formula is C49H36N2. The topological polar surface area (TPSA) is 8.17 Å². The van der Waals surface area contributed by atoms with Gasteiger partial charge in [0.05, 0.1) is 16.9 Å². The van der Waals surface area contributed by atoms with Gasteiger partial charge in [-0.1, -0.05) is 147 Å². The third-order valence-corrected chi connectivity index (χ3v) is 10.9. The van der Waals surface area contributed by atoms with Crippen LogP contribution in [0.4, 0.5) is 17.1 Å². The average molecular weight is 653 g/mol. The van der Waals surface area contributed by atoms with E-state index in [-0.39, 0.29) is 5.41 Å². The van der Waals surface area contributed by atoms with Crippen LogP contribution in [0.2, 0.25) is 0 Å². The van der Waals surface area contributed by atoms with Gasteiger partial charge >= 0.3 is 0 Å². The summed E-state index contributed by atoms with van der Waals surface area (Å²) in [7, 11) is 0. The molecule has 0 unspecified atom stereocenters. The van der Waals surface area contributed by atoms with Crippen LogP contribution in [0.1, 0.15) is 25.1 Å². The summed E-state index contributed by atoms with van der Waals surface area (Å²) in [5.74, 6) is 0. The molecule has 1 aliphatic carbocycles. The molecule has 0 bridgehead atoms. The maximum atomic E-state index is 2.49. The minimum atomic E-state index is -0.130. The predicted octanol–water partition coefficient (Wildman–Crippen LogP) is 13.4. The number of anilines is 3. The van der Waals surface area contributed by atoms with Crippen molar-refractivity contribution in [1.82, 2.24) is 4.57 Å². The summed E-state index contributed by atoms with van der Waals surface area (Å²) in [5.41, 5.74) is 13.6. The molecular weight excluding hydrogens is 617 g/mol. The van der Waals surface area contributed by atoms with E-state index >= 15 is 0 Å². The molecule has 9 aromatic rings. The molecule has 0 radical (unpaired) electrons. The second kappa shape index (κ2) is 11.3. The fourth-order valence-electron chi connectivity index (χ4n) is 8.57. The maximum Gasteiger partial charge on any atom is 0.0540 e. The molecule has 0 N–H and O–H groups in total. The monoisotopic (exact) mass is 652 g/mol. The standard InChI is InChI=1S/C49H36N2/c1-49(2)43-23-11-10-22-41(43)47-42-32-36(28-31-46(42)51(48(47)49)37-18-4-3-5-19-37)33-26-29-38(30-27-33)50(44-24-12-16-34-14-6-8-20-39(34)44)45-25-13-17-35-15-7-9-21-40(35)45/h3-32H,1-2H3. The molecule has 0 atom stereocenters. The van der Waals surface area contributed by atoms with Gasteiger partial charge in [0.25, 0.3) is 0 Å². The van der Waals surface area contributed by atoms with E-state index in [0.717, 1.165) is 17.1 Å². The van der Waals surface area contributed by atoms with E-state index in [4.69, 9.17) is 0 Å². The Hall–Kier alpha value is -6.38. The molecule has 2 nitrogen and oxygen atoms in total. The van der Waals surface area contributed by atoms with Crippen molar-refractivity contribution >= 4 is 49.5 Å². The molecule has 1 aromatic heterocycles. The van der Waals surface area contributed by atoms with Crippen LogP contribution < -0.4 is 4.90 Å². The molecule has 8 aromatic carbocycles. The van der Waals surface area contributed by atoms with Crippen molar-refractivity contribution in [3.8, 4) is 27.9 Å². The molecule has 51 heavy (non-hydrogen) atoms. The first-order chi connectivity index (χ1) is 25.1. The Morgan fingerprint density at radius 2 is 1.04 bits per heavy atom. The van der Waals surface area contributed by atoms with Gasteiger partial charge in [-0.05, 0) is 81.6 Å². The lowest BCUT2D eigenvalue weighted by molar-refractivity contribution is 0.624. The quantitative estimate of drug-likeness (QED) is 0.180. The first kappa shape index (κ1) is 29.5. The molecule has 10 rings (SSSR count). The lowest BCUT2D eigenvalue weighted by Gasteiger charge is -2.28. The van der Waals surface area contributed by atoms with E-state index in [0.29, 0.717) is 0 Å². The lowest BCUT2D eigenvalue weighted by atomic mass is 9.85. The zero-order valence-corrected chi connectivity index (χ0v) is 28.7. The summed E-state index contributed by atoms with van der Waals surface area (Å²) < 4.78 is 2.49. The number of benzene rings is 8. The first-order valence-electron chi connectivity index (χ1n) is 17.8. The van der Waals surface area contributed by atoms with Crippen molar-refractivity contribution in [3.05, 3.63) is 193 Å². The number of fused-ring (bicyclic) bond motifs is 7. The van der Waals surface area contributed by atoms with Gasteiger partial charge in [-0.25, -0.2) is 0 Å².